The van der Waals surface area contributed by atoms with Crippen LogP contribution in [0.1, 0.15) is 23.2 Å². The Hall–Kier alpha value is -2.73. The van der Waals surface area contributed by atoms with E-state index >= 15 is 0 Å². The normalized spacial score (nSPS) is 13.0. The summed E-state index contributed by atoms with van der Waals surface area (Å²) in [7, 11) is 0. The molecule has 1 aliphatic carbocycles. The number of rotatable bonds is 3. The quantitative estimate of drug-likeness (QED) is 0.593. The predicted molar refractivity (Wildman–Crippen MR) is 95.9 cm³/mol. The van der Waals surface area contributed by atoms with Gasteiger partial charge in [0, 0.05) is 11.5 Å². The minimum absolute atomic E-state index is 0.0611. The van der Waals surface area contributed by atoms with Gasteiger partial charge in [0.1, 0.15) is 0 Å². The van der Waals surface area contributed by atoms with Crippen LogP contribution in [0.5, 0.6) is 0 Å². The summed E-state index contributed by atoms with van der Waals surface area (Å²) < 4.78 is 0. The Morgan fingerprint density at radius 3 is 2.12 bits per heavy atom. The van der Waals surface area contributed by atoms with Gasteiger partial charge in [0.05, 0.1) is 0 Å². The number of nitrogens with one attached hydrogen (secondary N) is 3. The van der Waals surface area contributed by atoms with Crippen LogP contribution in [0.2, 0.25) is 0 Å². The summed E-state index contributed by atoms with van der Waals surface area (Å²) in [6.07, 6.45) is 1.79. The molecule has 24 heavy (non-hydrogen) atoms. The summed E-state index contributed by atoms with van der Waals surface area (Å²) in [6.45, 7) is 0. The molecule has 0 atom stereocenters. The summed E-state index contributed by atoms with van der Waals surface area (Å²) in [6, 6.07) is 17.2. The van der Waals surface area contributed by atoms with E-state index in [1.165, 1.54) is 0 Å². The van der Waals surface area contributed by atoms with Gasteiger partial charge in [-0.15, -0.1) is 0 Å². The minimum atomic E-state index is -0.322. The van der Waals surface area contributed by atoms with Crippen LogP contribution in [0, 0.1) is 5.92 Å². The molecule has 0 spiro atoms. The second-order valence-corrected chi connectivity index (χ2v) is 6.02. The zero-order valence-corrected chi connectivity index (χ0v) is 13.7. The highest BCUT2D eigenvalue weighted by Gasteiger charge is 2.30. The van der Waals surface area contributed by atoms with Gasteiger partial charge in [-0.05, 0) is 48.3 Å². The first-order valence-electron chi connectivity index (χ1n) is 7.70. The third-order valence-electron chi connectivity index (χ3n) is 3.73. The third kappa shape index (κ3) is 4.17. The maximum atomic E-state index is 12.1. The Morgan fingerprint density at radius 1 is 0.875 bits per heavy atom. The average molecular weight is 339 g/mol. The van der Waals surface area contributed by atoms with Gasteiger partial charge < -0.3 is 5.32 Å². The van der Waals surface area contributed by atoms with Crippen molar-refractivity contribution in [1.29, 1.82) is 0 Å². The molecule has 0 aliphatic heterocycles. The van der Waals surface area contributed by atoms with E-state index in [4.69, 9.17) is 12.2 Å². The first-order chi connectivity index (χ1) is 11.6. The molecule has 1 aliphatic rings. The Kier molecular flexibility index (Phi) is 4.86. The highest BCUT2D eigenvalue weighted by atomic mass is 32.1. The molecule has 3 rings (SSSR count). The van der Waals surface area contributed by atoms with E-state index < -0.39 is 0 Å². The van der Waals surface area contributed by atoms with Crippen molar-refractivity contribution in [3.63, 3.8) is 0 Å². The maximum Gasteiger partial charge on any atom is 0.269 e. The van der Waals surface area contributed by atoms with E-state index in [9.17, 15) is 9.59 Å². The standard InChI is InChI=1S/C18H17N3O2S/c22-16(14-10-11-14)19-18(24)21-20-17(23)15-8-6-13(7-9-15)12-4-2-1-3-5-12/h1-9,14H,10-11H2,(H,20,23)(H2,19,21,22,24). The molecule has 0 unspecified atom stereocenters. The van der Waals surface area contributed by atoms with E-state index in [1.807, 2.05) is 42.5 Å². The van der Waals surface area contributed by atoms with Crippen LogP contribution in [0.15, 0.2) is 54.6 Å². The molecule has 0 bridgehead atoms. The van der Waals surface area contributed by atoms with E-state index in [2.05, 4.69) is 16.2 Å². The van der Waals surface area contributed by atoms with Crippen LogP contribution in [0.3, 0.4) is 0 Å². The first kappa shape index (κ1) is 16.1. The molecule has 2 aromatic carbocycles. The van der Waals surface area contributed by atoms with E-state index in [-0.39, 0.29) is 22.8 Å². The summed E-state index contributed by atoms with van der Waals surface area (Å²) >= 11 is 4.97. The van der Waals surface area contributed by atoms with Crippen molar-refractivity contribution >= 4 is 29.1 Å². The first-order valence-corrected chi connectivity index (χ1v) is 8.11. The van der Waals surface area contributed by atoms with Crippen molar-refractivity contribution in [2.24, 2.45) is 5.92 Å². The van der Waals surface area contributed by atoms with Crippen LogP contribution in [-0.4, -0.2) is 16.9 Å². The second-order valence-electron chi connectivity index (χ2n) is 5.62. The molecule has 2 amide bonds. The predicted octanol–water partition coefficient (Wildman–Crippen LogP) is 2.40. The van der Waals surface area contributed by atoms with Gasteiger partial charge in [-0.25, -0.2) is 0 Å². The molecule has 0 saturated heterocycles. The molecular weight excluding hydrogens is 322 g/mol. The molecule has 6 heteroatoms. The molecule has 0 heterocycles. The minimum Gasteiger partial charge on any atom is -0.302 e. The monoisotopic (exact) mass is 339 g/mol. The number of carbonyl (C=O) groups excluding carboxylic acids is 2. The Bertz CT molecular complexity index is 756. The summed E-state index contributed by atoms with van der Waals surface area (Å²) in [5.41, 5.74) is 7.64. The smallest absolute Gasteiger partial charge is 0.269 e. The van der Waals surface area contributed by atoms with Crippen molar-refractivity contribution in [1.82, 2.24) is 16.2 Å². The van der Waals surface area contributed by atoms with Crippen LogP contribution in [-0.2, 0) is 4.79 Å². The molecule has 0 radical (unpaired) electrons. The summed E-state index contributed by atoms with van der Waals surface area (Å²) in [5, 5.41) is 2.64. The SMILES string of the molecule is O=C(NNC(=S)NC(=O)C1CC1)c1ccc(-c2ccccc2)cc1. The van der Waals surface area contributed by atoms with Crippen molar-refractivity contribution in [2.75, 3.05) is 0 Å². The van der Waals surface area contributed by atoms with Crippen molar-refractivity contribution in [2.45, 2.75) is 12.8 Å². The number of hydrazine groups is 1. The lowest BCUT2D eigenvalue weighted by molar-refractivity contribution is -0.120. The van der Waals surface area contributed by atoms with Crippen LogP contribution in [0.25, 0.3) is 11.1 Å². The van der Waals surface area contributed by atoms with Gasteiger partial charge in [0.15, 0.2) is 5.11 Å². The number of hydrogen-bond acceptors (Lipinski definition) is 3. The van der Waals surface area contributed by atoms with Gasteiger partial charge in [-0.3, -0.25) is 20.4 Å². The largest absolute Gasteiger partial charge is 0.302 e. The lowest BCUT2D eigenvalue weighted by Gasteiger charge is -2.10. The van der Waals surface area contributed by atoms with Gasteiger partial charge >= 0.3 is 0 Å². The highest BCUT2D eigenvalue weighted by molar-refractivity contribution is 7.80. The Labute approximate surface area is 145 Å². The second kappa shape index (κ2) is 7.23. The summed E-state index contributed by atoms with van der Waals surface area (Å²) in [5.74, 6) is -0.363. The summed E-state index contributed by atoms with van der Waals surface area (Å²) in [4.78, 5) is 23.6. The van der Waals surface area contributed by atoms with Crippen molar-refractivity contribution in [3.05, 3.63) is 60.2 Å². The van der Waals surface area contributed by atoms with E-state index in [1.54, 1.807) is 12.1 Å². The topological polar surface area (TPSA) is 70.2 Å². The number of hydrogen-bond donors (Lipinski definition) is 3. The number of amides is 2. The van der Waals surface area contributed by atoms with Crippen molar-refractivity contribution < 1.29 is 9.59 Å². The lowest BCUT2D eigenvalue weighted by atomic mass is 10.0. The van der Waals surface area contributed by atoms with Crippen LogP contribution < -0.4 is 16.2 Å². The fourth-order valence-corrected chi connectivity index (χ4v) is 2.37. The molecule has 122 valence electrons. The number of benzene rings is 2. The molecule has 2 aromatic rings. The fraction of sp³-hybridized carbons (Fsp3) is 0.167. The molecule has 1 fully saturated rings. The Morgan fingerprint density at radius 2 is 1.50 bits per heavy atom. The van der Waals surface area contributed by atoms with E-state index in [0.29, 0.717) is 5.56 Å². The van der Waals surface area contributed by atoms with E-state index in [0.717, 1.165) is 24.0 Å². The molecular formula is C18H17N3O2S. The van der Waals surface area contributed by atoms with Crippen LogP contribution in [0.4, 0.5) is 0 Å². The lowest BCUT2D eigenvalue weighted by Crippen LogP contribution is -2.48. The molecule has 1 saturated carbocycles. The number of carbonyl (C=O) groups is 2. The van der Waals surface area contributed by atoms with Gasteiger partial charge in [-0.2, -0.15) is 0 Å². The van der Waals surface area contributed by atoms with Gasteiger partial charge in [0.25, 0.3) is 5.91 Å². The highest BCUT2D eigenvalue weighted by Crippen LogP contribution is 2.28. The number of thiocarbonyl (C=S) groups is 1. The average Bonchev–Trinajstić information content (AvgIpc) is 3.46. The molecule has 3 N–H and O–H groups in total. The zero-order valence-electron chi connectivity index (χ0n) is 12.9. The molecule has 5 nitrogen and oxygen atoms in total. The van der Waals surface area contributed by atoms with Crippen molar-refractivity contribution in [3.8, 4) is 11.1 Å². The van der Waals surface area contributed by atoms with Gasteiger partial charge in [0.2, 0.25) is 5.91 Å². The third-order valence-corrected chi connectivity index (χ3v) is 3.93. The Balaban J connectivity index is 1.53. The maximum absolute atomic E-state index is 12.1. The fourth-order valence-electron chi connectivity index (χ4n) is 2.22. The zero-order chi connectivity index (χ0) is 16.9. The molecule has 0 aromatic heterocycles. The van der Waals surface area contributed by atoms with Gasteiger partial charge in [-0.1, -0.05) is 42.5 Å². The van der Waals surface area contributed by atoms with Crippen LogP contribution >= 0.6 is 12.2 Å².